The van der Waals surface area contributed by atoms with E-state index in [-0.39, 0.29) is 29.9 Å². The quantitative estimate of drug-likeness (QED) is 0.0387. The maximum atomic E-state index is 13.2. The summed E-state index contributed by atoms with van der Waals surface area (Å²) in [7, 11) is 0. The Morgan fingerprint density at radius 1 is 0.692 bits per heavy atom. The van der Waals surface area contributed by atoms with Crippen molar-refractivity contribution in [1.29, 1.82) is 0 Å². The molecule has 9 rings (SSSR count). The summed E-state index contributed by atoms with van der Waals surface area (Å²) in [5, 5.41) is 13.2. The van der Waals surface area contributed by atoms with Crippen LogP contribution in [0.2, 0.25) is 0 Å². The van der Waals surface area contributed by atoms with Crippen molar-refractivity contribution in [3.8, 4) is 22.4 Å². The minimum atomic E-state index is -1.02. The van der Waals surface area contributed by atoms with E-state index in [9.17, 15) is 24.0 Å². The van der Waals surface area contributed by atoms with Gasteiger partial charge < -0.3 is 53.4 Å². The first-order valence-corrected chi connectivity index (χ1v) is 26.6. The largest absolute Gasteiger partial charge is 0.382 e. The second kappa shape index (κ2) is 27.2. The first-order chi connectivity index (χ1) is 38.1. The van der Waals surface area contributed by atoms with E-state index in [1.165, 1.54) is 5.56 Å². The molecule has 3 aliphatic heterocycles. The van der Waals surface area contributed by atoms with Gasteiger partial charge in [-0.05, 0) is 67.8 Å². The number of pyridine rings is 1. The number of imidazole rings is 1. The minimum absolute atomic E-state index is 0.0583. The molecule has 2 saturated heterocycles. The monoisotopic (exact) mass is 1070 g/mol. The van der Waals surface area contributed by atoms with Crippen molar-refractivity contribution < 1.29 is 56.9 Å². The van der Waals surface area contributed by atoms with Gasteiger partial charge in [-0.3, -0.25) is 38.6 Å². The van der Waals surface area contributed by atoms with Crippen molar-refractivity contribution in [1.82, 2.24) is 29.7 Å². The number of carbonyl (C=O) groups is 5. The van der Waals surface area contributed by atoms with Gasteiger partial charge in [0, 0.05) is 74.4 Å². The average Bonchev–Trinajstić information content (AvgIpc) is 4.27. The van der Waals surface area contributed by atoms with E-state index in [4.69, 9.17) is 37.9 Å². The molecule has 0 bridgehead atoms. The lowest BCUT2D eigenvalue weighted by Gasteiger charge is -2.36. The number of piperidine rings is 1. The van der Waals surface area contributed by atoms with Crippen LogP contribution < -0.4 is 20.9 Å². The number of nitrogens with zero attached hydrogens (tertiary/aromatic N) is 6. The molecule has 21 nitrogen and oxygen atoms in total. The van der Waals surface area contributed by atoms with Crippen LogP contribution in [0.15, 0.2) is 95.6 Å². The fourth-order valence-corrected chi connectivity index (χ4v) is 9.73. The zero-order chi connectivity index (χ0) is 54.2. The summed E-state index contributed by atoms with van der Waals surface area (Å²) in [5.74, 6) is -0.424. The molecule has 3 aromatic carbocycles. The Labute approximate surface area is 452 Å². The molecule has 3 N–H and O–H groups in total. The summed E-state index contributed by atoms with van der Waals surface area (Å²) < 4.78 is 41.2. The molecular weight excluding hydrogens is 1000 g/mol. The molecule has 1 atom stereocenters. The molecule has 3 aromatic heterocycles. The molecule has 1 unspecified atom stereocenters. The van der Waals surface area contributed by atoms with Crippen LogP contribution in [0, 0.1) is 13.8 Å². The van der Waals surface area contributed by atoms with Gasteiger partial charge >= 0.3 is 0 Å². The maximum absolute atomic E-state index is 13.2. The standard InChI is InChI=1S/C57H67N9O12/c1-39-51(40(2)78-62-39)43-17-20-65-48(37-43)60-53(54(65)59-38-41-7-4-3-5-8-41)42-11-13-44(14-12-42)63-21-23-64(24-22-63)50(68)18-25-72-27-29-74-31-33-76-35-36-77-34-32-75-30-28-73-26-19-58-46-10-6-9-45-52(46)57(71)66(56(45)70)47-15-16-49(67)61-55(47)69/h3-14,17,20,37,47,58-59H,15-16,18-19,21-36,38H2,1-2H3,(H,61,67,69). The van der Waals surface area contributed by atoms with E-state index >= 15 is 0 Å². The van der Waals surface area contributed by atoms with Gasteiger partial charge in [0.1, 0.15) is 29.0 Å². The number of anilines is 3. The lowest BCUT2D eigenvalue weighted by atomic mass is 10.0. The predicted molar refractivity (Wildman–Crippen MR) is 289 cm³/mol. The molecule has 0 aliphatic carbocycles. The minimum Gasteiger partial charge on any atom is -0.382 e. The summed E-state index contributed by atoms with van der Waals surface area (Å²) >= 11 is 0. The molecule has 412 valence electrons. The van der Waals surface area contributed by atoms with Crippen LogP contribution in [-0.2, 0) is 49.3 Å². The number of fused-ring (bicyclic) bond motifs is 2. The third-order valence-corrected chi connectivity index (χ3v) is 13.7. The Morgan fingerprint density at radius 2 is 1.35 bits per heavy atom. The third-order valence-electron chi connectivity index (χ3n) is 13.7. The number of carbonyl (C=O) groups excluding carboxylic acids is 5. The number of aryl methyl sites for hydroxylation is 2. The van der Waals surface area contributed by atoms with Gasteiger partial charge in [0.25, 0.3) is 11.8 Å². The van der Waals surface area contributed by atoms with Crippen LogP contribution in [0.25, 0.3) is 28.0 Å². The van der Waals surface area contributed by atoms with Crippen molar-refractivity contribution in [2.24, 2.45) is 0 Å². The summed E-state index contributed by atoms with van der Waals surface area (Å²) in [4.78, 5) is 73.6. The number of amides is 5. The van der Waals surface area contributed by atoms with Crippen LogP contribution in [0.3, 0.4) is 0 Å². The van der Waals surface area contributed by atoms with Crippen molar-refractivity contribution >= 4 is 52.4 Å². The van der Waals surface area contributed by atoms with E-state index < -0.39 is 29.7 Å². The van der Waals surface area contributed by atoms with Gasteiger partial charge in [-0.15, -0.1) is 0 Å². The van der Waals surface area contributed by atoms with E-state index in [1.807, 2.05) is 43.1 Å². The first-order valence-electron chi connectivity index (χ1n) is 26.6. The normalized spacial score (nSPS) is 15.6. The molecule has 6 heterocycles. The Hall–Kier alpha value is -7.53. The Morgan fingerprint density at radius 3 is 1.99 bits per heavy atom. The smallest absolute Gasteiger partial charge is 0.264 e. The highest BCUT2D eigenvalue weighted by atomic mass is 16.6. The summed E-state index contributed by atoms with van der Waals surface area (Å²) in [5.41, 5.74) is 8.66. The van der Waals surface area contributed by atoms with Crippen LogP contribution in [0.5, 0.6) is 0 Å². The van der Waals surface area contributed by atoms with Crippen LogP contribution >= 0.6 is 0 Å². The van der Waals surface area contributed by atoms with Gasteiger partial charge in [0.2, 0.25) is 17.7 Å². The molecule has 0 saturated carbocycles. The highest BCUT2D eigenvalue weighted by Gasteiger charge is 2.45. The van der Waals surface area contributed by atoms with E-state index in [0.717, 1.165) is 69.0 Å². The highest BCUT2D eigenvalue weighted by molar-refractivity contribution is 6.25. The molecule has 2 fully saturated rings. The summed E-state index contributed by atoms with van der Waals surface area (Å²) in [6.45, 7) is 12.3. The van der Waals surface area contributed by atoms with Crippen molar-refractivity contribution in [3.05, 3.63) is 119 Å². The summed E-state index contributed by atoms with van der Waals surface area (Å²) in [6.07, 6.45) is 2.52. The van der Waals surface area contributed by atoms with Gasteiger partial charge in [0.05, 0.1) is 103 Å². The van der Waals surface area contributed by atoms with E-state index in [1.54, 1.807) is 18.2 Å². The van der Waals surface area contributed by atoms with E-state index in [2.05, 4.69) is 78.9 Å². The van der Waals surface area contributed by atoms with Crippen molar-refractivity contribution in [2.45, 2.75) is 45.7 Å². The van der Waals surface area contributed by atoms with Gasteiger partial charge in [-0.25, -0.2) is 4.98 Å². The average molecular weight is 1070 g/mol. The molecule has 3 aliphatic rings. The fourth-order valence-electron chi connectivity index (χ4n) is 9.73. The number of aromatic nitrogens is 3. The number of nitrogens with one attached hydrogen (secondary N) is 3. The molecule has 5 amide bonds. The van der Waals surface area contributed by atoms with Crippen LogP contribution in [0.1, 0.15) is 57.0 Å². The second-order valence-corrected chi connectivity index (χ2v) is 18.9. The van der Waals surface area contributed by atoms with Gasteiger partial charge in [-0.2, -0.15) is 0 Å². The Kier molecular flexibility index (Phi) is 19.2. The molecule has 21 heteroatoms. The lowest BCUT2D eigenvalue weighted by Crippen LogP contribution is -2.54. The number of ether oxygens (including phenoxy) is 6. The SMILES string of the molecule is Cc1noc(C)c1-c1ccn2c(NCc3ccccc3)c(-c3ccc(N4CCN(C(=O)CCOCCOCCOCCOCCOCCOCCNc5cccc6c5C(=O)N(C5CCC(=O)NC5=O)C6=O)CC4)cc3)nc2c1. The maximum Gasteiger partial charge on any atom is 0.264 e. The predicted octanol–water partition coefficient (Wildman–Crippen LogP) is 5.54. The van der Waals surface area contributed by atoms with Crippen LogP contribution in [0.4, 0.5) is 17.2 Å². The fraction of sp³-hybridized carbons (Fsp3) is 0.421. The Balaban J connectivity index is 0.576. The molecule has 78 heavy (non-hydrogen) atoms. The van der Waals surface area contributed by atoms with E-state index in [0.29, 0.717) is 118 Å². The third kappa shape index (κ3) is 13.8. The van der Waals surface area contributed by atoms with Crippen molar-refractivity contribution in [3.63, 3.8) is 0 Å². The zero-order valence-electron chi connectivity index (χ0n) is 44.2. The van der Waals surface area contributed by atoms with Crippen LogP contribution in [-0.4, -0.2) is 172 Å². The molecular formula is C57H67N9O12. The number of piperazine rings is 1. The highest BCUT2D eigenvalue weighted by Crippen LogP contribution is 2.35. The molecule has 0 spiro atoms. The Bertz CT molecular complexity index is 2990. The zero-order valence-corrected chi connectivity index (χ0v) is 44.2. The molecule has 0 radical (unpaired) electrons. The number of hydrogen-bond acceptors (Lipinski definition) is 17. The molecule has 6 aromatic rings. The first kappa shape index (κ1) is 55.2. The van der Waals surface area contributed by atoms with Crippen molar-refractivity contribution in [2.75, 3.05) is 128 Å². The van der Waals surface area contributed by atoms with Gasteiger partial charge in [-0.1, -0.05) is 53.7 Å². The van der Waals surface area contributed by atoms with Gasteiger partial charge in [0.15, 0.2) is 0 Å². The lowest BCUT2D eigenvalue weighted by molar-refractivity contribution is -0.136. The topological polar surface area (TPSA) is 230 Å². The number of rotatable bonds is 29. The number of hydrogen-bond donors (Lipinski definition) is 3. The summed E-state index contributed by atoms with van der Waals surface area (Å²) in [6, 6.07) is 26.9. The number of imide groups is 2. The number of benzene rings is 3. The second-order valence-electron chi connectivity index (χ2n) is 18.9.